The van der Waals surface area contributed by atoms with Crippen LogP contribution in [0.25, 0.3) is 0 Å². The molecule has 2 atom stereocenters. The number of nitrogens with one attached hydrogen (secondary N) is 1. The van der Waals surface area contributed by atoms with E-state index in [1.54, 1.807) is 0 Å². The molecule has 0 amide bonds. The molecule has 4 nitrogen and oxygen atoms in total. The molecule has 0 saturated carbocycles. The van der Waals surface area contributed by atoms with Gasteiger partial charge in [-0.1, -0.05) is 38.7 Å². The number of hydroxylamine groups is 1. The topological polar surface area (TPSA) is 50.7 Å². The highest BCUT2D eigenvalue weighted by Gasteiger charge is 2.19. The van der Waals surface area contributed by atoms with Gasteiger partial charge >= 0.3 is 0 Å². The van der Waals surface area contributed by atoms with Gasteiger partial charge in [0.1, 0.15) is 0 Å². The number of rotatable bonds is 8. The third-order valence-electron chi connectivity index (χ3n) is 3.58. The average Bonchev–Trinajstić information content (AvgIpc) is 2.39. The van der Waals surface area contributed by atoms with Gasteiger partial charge in [0, 0.05) is 14.1 Å². The van der Waals surface area contributed by atoms with Crippen LogP contribution in [-0.4, -0.2) is 38.8 Å². The predicted molar refractivity (Wildman–Crippen MR) is 84.7 cm³/mol. The molecule has 1 saturated heterocycles. The minimum atomic E-state index is -1.02. The lowest BCUT2D eigenvalue weighted by Gasteiger charge is -2.26. The molecular formula is C15H31NO3Si. The van der Waals surface area contributed by atoms with E-state index in [0.717, 1.165) is 32.5 Å². The second-order valence-electron chi connectivity index (χ2n) is 6.89. The molecule has 0 aromatic rings. The standard InChI is InChI=1S/C15H31NO3Si/c1-13(7-5-12-20(2,3)4)14(16-17)8-9-15-18-10-6-11-19-15/h5,7,13-17H,6,8-12H2,1-4H3/b7-5+/t13-,14+/m0/s1. The normalized spacial score (nSPS) is 21.2. The largest absolute Gasteiger partial charge is 0.353 e. The second kappa shape index (κ2) is 8.95. The molecular weight excluding hydrogens is 270 g/mol. The first kappa shape index (κ1) is 17.8. The molecule has 1 fully saturated rings. The Bertz CT molecular complexity index is 285. The van der Waals surface area contributed by atoms with Crippen LogP contribution in [-0.2, 0) is 9.47 Å². The van der Waals surface area contributed by atoms with Crippen molar-refractivity contribution in [2.45, 2.75) is 64.2 Å². The van der Waals surface area contributed by atoms with E-state index < -0.39 is 8.07 Å². The molecule has 2 N–H and O–H groups in total. The first-order valence-electron chi connectivity index (χ1n) is 7.72. The van der Waals surface area contributed by atoms with E-state index in [1.807, 2.05) is 0 Å². The summed E-state index contributed by atoms with van der Waals surface area (Å²) in [5.41, 5.74) is 2.44. The van der Waals surface area contributed by atoms with Gasteiger partial charge < -0.3 is 14.7 Å². The highest BCUT2D eigenvalue weighted by molar-refractivity contribution is 6.76. The van der Waals surface area contributed by atoms with Gasteiger partial charge in [-0.25, -0.2) is 5.48 Å². The molecule has 0 aliphatic carbocycles. The van der Waals surface area contributed by atoms with Crippen molar-refractivity contribution in [3.8, 4) is 0 Å². The van der Waals surface area contributed by atoms with Crippen molar-refractivity contribution in [1.82, 2.24) is 5.48 Å². The molecule has 1 rings (SSSR count). The van der Waals surface area contributed by atoms with E-state index in [2.05, 4.69) is 44.2 Å². The summed E-state index contributed by atoms with van der Waals surface area (Å²) in [5, 5.41) is 9.33. The third kappa shape index (κ3) is 7.55. The quantitative estimate of drug-likeness (QED) is 0.410. The second-order valence-corrected chi connectivity index (χ2v) is 12.4. The molecule has 1 heterocycles. The van der Waals surface area contributed by atoms with Crippen molar-refractivity contribution in [3.63, 3.8) is 0 Å². The summed E-state index contributed by atoms with van der Waals surface area (Å²) in [6.07, 6.45) is 7.04. The Kier molecular flexibility index (Phi) is 7.98. The number of ether oxygens (including phenoxy) is 2. The maximum absolute atomic E-state index is 9.33. The summed E-state index contributed by atoms with van der Waals surface area (Å²) in [6.45, 7) is 10.8. The summed E-state index contributed by atoms with van der Waals surface area (Å²) in [5.74, 6) is 0.306. The predicted octanol–water partition coefficient (Wildman–Crippen LogP) is 3.41. The zero-order valence-corrected chi connectivity index (χ0v) is 14.4. The Balaban J connectivity index is 2.32. The summed E-state index contributed by atoms with van der Waals surface area (Å²) in [6, 6.07) is 1.24. The van der Waals surface area contributed by atoms with Gasteiger partial charge in [0.15, 0.2) is 6.29 Å². The van der Waals surface area contributed by atoms with Crippen LogP contribution in [0.3, 0.4) is 0 Å². The van der Waals surface area contributed by atoms with Crippen LogP contribution < -0.4 is 5.48 Å². The van der Waals surface area contributed by atoms with Gasteiger partial charge in [0.2, 0.25) is 0 Å². The van der Waals surface area contributed by atoms with Crippen LogP contribution in [0.2, 0.25) is 25.7 Å². The molecule has 0 aromatic heterocycles. The first-order chi connectivity index (χ1) is 9.42. The Morgan fingerprint density at radius 2 is 1.95 bits per heavy atom. The Hall–Kier alpha value is -0.203. The number of hydrogen-bond acceptors (Lipinski definition) is 4. The minimum absolute atomic E-state index is 0.0574. The van der Waals surface area contributed by atoms with Gasteiger partial charge in [-0.3, -0.25) is 0 Å². The van der Waals surface area contributed by atoms with Gasteiger partial charge in [-0.15, -0.1) is 0 Å². The van der Waals surface area contributed by atoms with Crippen molar-refractivity contribution in [3.05, 3.63) is 12.2 Å². The lowest BCUT2D eigenvalue weighted by molar-refractivity contribution is -0.182. The Morgan fingerprint density at radius 3 is 2.50 bits per heavy atom. The van der Waals surface area contributed by atoms with Gasteiger partial charge in [-0.05, 0) is 31.2 Å². The summed E-state index contributed by atoms with van der Waals surface area (Å²) >= 11 is 0. The minimum Gasteiger partial charge on any atom is -0.353 e. The highest BCUT2D eigenvalue weighted by Crippen LogP contribution is 2.17. The van der Waals surface area contributed by atoms with Gasteiger partial charge in [0.25, 0.3) is 0 Å². The SMILES string of the molecule is C[C@@H](/C=C/C[Si](C)(C)C)[C@@H](CCC1OCCCO1)NO. The molecule has 1 aliphatic rings. The average molecular weight is 302 g/mol. The van der Waals surface area contributed by atoms with Crippen molar-refractivity contribution in [2.75, 3.05) is 13.2 Å². The fraction of sp³-hybridized carbons (Fsp3) is 0.867. The van der Waals surface area contributed by atoms with Crippen LogP contribution in [0.15, 0.2) is 12.2 Å². The van der Waals surface area contributed by atoms with Gasteiger partial charge in [0.05, 0.1) is 13.2 Å². The van der Waals surface area contributed by atoms with Crippen LogP contribution in [0.4, 0.5) is 0 Å². The van der Waals surface area contributed by atoms with E-state index in [9.17, 15) is 5.21 Å². The fourth-order valence-corrected chi connectivity index (χ4v) is 3.08. The maximum atomic E-state index is 9.33. The molecule has 20 heavy (non-hydrogen) atoms. The first-order valence-corrected chi connectivity index (χ1v) is 11.4. The molecule has 0 bridgehead atoms. The van der Waals surface area contributed by atoms with Crippen LogP contribution in [0.1, 0.15) is 26.2 Å². The molecule has 0 unspecified atom stereocenters. The van der Waals surface area contributed by atoms with Crippen molar-refractivity contribution in [2.24, 2.45) is 5.92 Å². The van der Waals surface area contributed by atoms with Crippen molar-refractivity contribution >= 4 is 8.07 Å². The molecule has 5 heteroatoms. The van der Waals surface area contributed by atoms with Crippen LogP contribution in [0.5, 0.6) is 0 Å². The third-order valence-corrected chi connectivity index (χ3v) is 5.04. The Morgan fingerprint density at radius 1 is 1.30 bits per heavy atom. The molecule has 0 aromatic carbocycles. The van der Waals surface area contributed by atoms with Crippen LogP contribution >= 0.6 is 0 Å². The van der Waals surface area contributed by atoms with E-state index >= 15 is 0 Å². The number of hydrogen-bond donors (Lipinski definition) is 2. The zero-order chi connectivity index (χ0) is 15.0. The highest BCUT2D eigenvalue weighted by atomic mass is 28.3. The number of allylic oxidation sites excluding steroid dienone is 1. The summed E-state index contributed by atoms with van der Waals surface area (Å²) in [7, 11) is -1.02. The van der Waals surface area contributed by atoms with E-state index in [1.165, 1.54) is 6.04 Å². The fourth-order valence-electron chi connectivity index (χ4n) is 2.23. The molecule has 0 spiro atoms. The zero-order valence-electron chi connectivity index (χ0n) is 13.4. The van der Waals surface area contributed by atoms with Crippen LogP contribution in [0, 0.1) is 5.92 Å². The maximum Gasteiger partial charge on any atom is 0.157 e. The van der Waals surface area contributed by atoms with E-state index in [0.29, 0.717) is 5.92 Å². The monoisotopic (exact) mass is 301 g/mol. The lowest BCUT2D eigenvalue weighted by atomic mass is 9.97. The van der Waals surface area contributed by atoms with Crippen molar-refractivity contribution in [1.29, 1.82) is 0 Å². The summed E-state index contributed by atoms with van der Waals surface area (Å²) in [4.78, 5) is 0. The molecule has 0 radical (unpaired) electrons. The Labute approximate surface area is 124 Å². The lowest BCUT2D eigenvalue weighted by Crippen LogP contribution is -2.34. The van der Waals surface area contributed by atoms with E-state index in [-0.39, 0.29) is 12.3 Å². The smallest absolute Gasteiger partial charge is 0.157 e. The van der Waals surface area contributed by atoms with E-state index in [4.69, 9.17) is 9.47 Å². The molecule has 1 aliphatic heterocycles. The molecule has 118 valence electrons. The summed E-state index contributed by atoms with van der Waals surface area (Å²) < 4.78 is 11.1. The van der Waals surface area contributed by atoms with Crippen molar-refractivity contribution < 1.29 is 14.7 Å². The van der Waals surface area contributed by atoms with Gasteiger partial charge in [-0.2, -0.15) is 0 Å².